The molecule has 0 amide bonds. The number of hydrogen-bond acceptors (Lipinski definition) is 3. The average Bonchev–Trinajstić information content (AvgIpc) is 2.33. The number of nitrogens with zero attached hydrogens (tertiary/aromatic N) is 2. The first-order chi connectivity index (χ1) is 8.17. The molecule has 0 bridgehead atoms. The summed E-state index contributed by atoms with van der Waals surface area (Å²) < 4.78 is 2.83. The molecule has 0 N–H and O–H groups in total. The molecule has 0 saturated carbocycles. The second kappa shape index (κ2) is 7.28. The zero-order valence-electron chi connectivity index (χ0n) is 11.7. The normalized spacial score (nSPS) is 10.4. The van der Waals surface area contributed by atoms with Gasteiger partial charge in [-0.25, -0.2) is 4.98 Å². The summed E-state index contributed by atoms with van der Waals surface area (Å²) in [4.78, 5) is 16.9. The fraction of sp³-hybridized carbons (Fsp3) is 0.333. The van der Waals surface area contributed by atoms with Crippen LogP contribution in [0.15, 0.2) is 28.2 Å². The van der Waals surface area contributed by atoms with Gasteiger partial charge in [-0.15, -0.1) is 0 Å². The molecule has 0 fully saturated rings. The predicted octanol–water partition coefficient (Wildman–Crippen LogP) is 0.250. The van der Waals surface area contributed by atoms with Crippen LogP contribution in [0.5, 0.6) is 0 Å². The van der Waals surface area contributed by atoms with Crippen LogP contribution in [-0.4, -0.2) is 15.8 Å². The number of rotatable bonds is 3. The Bertz CT molecular complexity index is 620. The average molecular weight is 384 g/mol. The zero-order chi connectivity index (χ0) is 12.4. The maximum absolute atomic E-state index is 12.4. The van der Waals surface area contributed by atoms with Crippen LogP contribution in [0.1, 0.15) is 14.8 Å². The predicted molar refractivity (Wildman–Crippen MR) is 81.9 cm³/mol. The van der Waals surface area contributed by atoms with Gasteiger partial charge < -0.3 is 1.43 Å². The molecule has 0 spiro atoms. The van der Waals surface area contributed by atoms with Gasteiger partial charge >= 0.3 is 29.6 Å². The monoisotopic (exact) mass is 384 g/mol. The van der Waals surface area contributed by atoms with Gasteiger partial charge in [0.1, 0.15) is 0 Å². The van der Waals surface area contributed by atoms with Gasteiger partial charge in [-0.1, -0.05) is 18.7 Å². The van der Waals surface area contributed by atoms with Crippen LogP contribution < -0.4 is 35.1 Å². The van der Waals surface area contributed by atoms with E-state index in [0.29, 0.717) is 5.39 Å². The van der Waals surface area contributed by atoms with E-state index in [-0.39, 0.29) is 36.5 Å². The zero-order valence-corrected chi connectivity index (χ0v) is 15.7. The Labute approximate surface area is 148 Å². The van der Waals surface area contributed by atoms with Crippen molar-refractivity contribution in [1.29, 1.82) is 0 Å². The Morgan fingerprint density at radius 3 is 2.83 bits per heavy atom. The third-order valence-electron chi connectivity index (χ3n) is 2.51. The van der Waals surface area contributed by atoms with E-state index in [1.165, 1.54) is 11.8 Å². The van der Waals surface area contributed by atoms with E-state index in [4.69, 9.17) is 0 Å². The van der Waals surface area contributed by atoms with Crippen molar-refractivity contribution >= 4 is 45.3 Å². The fourth-order valence-electron chi connectivity index (χ4n) is 1.75. The summed E-state index contributed by atoms with van der Waals surface area (Å²) >= 11 is 3.73. The van der Waals surface area contributed by atoms with Crippen LogP contribution in [0.25, 0.3) is 10.9 Å². The molecule has 0 aliphatic carbocycles. The number of thioether (sulfide) groups is 1. The molecule has 1 aromatic carbocycles. The van der Waals surface area contributed by atoms with Crippen LogP contribution in [0.2, 0.25) is 0 Å². The smallest absolute Gasteiger partial charge is 1.00 e. The Kier molecular flexibility index (Phi) is 6.67. The van der Waals surface area contributed by atoms with Crippen molar-refractivity contribution in [3.05, 3.63) is 32.1 Å². The molecule has 0 radical (unpaired) electrons. The van der Waals surface area contributed by atoms with Gasteiger partial charge in [0, 0.05) is 10.1 Å². The first kappa shape index (κ1) is 16.5. The van der Waals surface area contributed by atoms with Crippen molar-refractivity contribution in [1.82, 2.24) is 9.55 Å². The van der Waals surface area contributed by atoms with Crippen molar-refractivity contribution in [2.45, 2.75) is 25.0 Å². The van der Waals surface area contributed by atoms with Crippen molar-refractivity contribution in [3.8, 4) is 0 Å². The summed E-state index contributed by atoms with van der Waals surface area (Å²) in [6.45, 7) is 2.79. The molecule has 6 heteroatoms. The second-order valence-electron chi connectivity index (χ2n) is 3.72. The summed E-state index contributed by atoms with van der Waals surface area (Å²) in [5, 5.41) is 1.51. The molecule has 1 aromatic heterocycles. The molecule has 18 heavy (non-hydrogen) atoms. The van der Waals surface area contributed by atoms with Crippen LogP contribution in [-0.2, 0) is 6.54 Å². The van der Waals surface area contributed by atoms with Crippen molar-refractivity contribution < 1.29 is 31.0 Å². The van der Waals surface area contributed by atoms with Crippen LogP contribution in [0.4, 0.5) is 0 Å². The van der Waals surface area contributed by atoms with Crippen LogP contribution in [0.3, 0.4) is 0 Å². The van der Waals surface area contributed by atoms with Crippen molar-refractivity contribution in [3.63, 3.8) is 0 Å². The molecular formula is C12H14IN2NaOS. The van der Waals surface area contributed by atoms with E-state index in [1.54, 1.807) is 4.57 Å². The Hall–Kier alpha value is 0.440. The van der Waals surface area contributed by atoms with E-state index in [0.717, 1.165) is 27.2 Å². The molecule has 2 rings (SSSR count). The largest absolute Gasteiger partial charge is 1.00 e. The first-order valence-corrected chi connectivity index (χ1v) is 7.71. The Balaban J connectivity index is 0.00000162. The minimum atomic E-state index is 0. The summed E-state index contributed by atoms with van der Waals surface area (Å²) in [5.41, 5.74) is 0.854. The minimum absolute atomic E-state index is 0. The number of aromatic nitrogens is 2. The third-order valence-corrected chi connectivity index (χ3v) is 3.86. The fourth-order valence-corrected chi connectivity index (χ4v) is 2.82. The van der Waals surface area contributed by atoms with Gasteiger partial charge in [-0.2, -0.15) is 0 Å². The van der Waals surface area contributed by atoms with Gasteiger partial charge in [0.05, 0.1) is 10.9 Å². The third kappa shape index (κ3) is 3.30. The minimum Gasteiger partial charge on any atom is -1.00 e. The van der Waals surface area contributed by atoms with Gasteiger partial charge in [0.15, 0.2) is 5.16 Å². The number of halogens is 1. The first-order valence-electron chi connectivity index (χ1n) is 5.41. The molecule has 0 aliphatic rings. The van der Waals surface area contributed by atoms with Crippen LogP contribution in [0, 0.1) is 3.57 Å². The summed E-state index contributed by atoms with van der Waals surface area (Å²) in [6, 6.07) is 5.79. The van der Waals surface area contributed by atoms with Gasteiger partial charge in [-0.05, 0) is 53.5 Å². The quantitative estimate of drug-likeness (QED) is 0.330. The van der Waals surface area contributed by atoms with Crippen molar-refractivity contribution in [2.24, 2.45) is 0 Å². The Morgan fingerprint density at radius 2 is 2.22 bits per heavy atom. The summed E-state index contributed by atoms with van der Waals surface area (Å²) in [6.07, 6.45) is 2.89. The van der Waals surface area contributed by atoms with Crippen LogP contribution >= 0.6 is 34.4 Å². The molecule has 0 unspecified atom stereocenters. The van der Waals surface area contributed by atoms with Gasteiger partial charge in [-0.3, -0.25) is 9.36 Å². The van der Waals surface area contributed by atoms with Crippen molar-refractivity contribution in [2.75, 3.05) is 6.26 Å². The number of benzene rings is 1. The summed E-state index contributed by atoms with van der Waals surface area (Å²) in [5.74, 6) is 0. The molecule has 92 valence electrons. The second-order valence-corrected chi connectivity index (χ2v) is 5.74. The SMILES string of the molecule is CCCn1c(SC)nc2ccc(I)cc2c1=O.[H-].[Na+]. The molecule has 0 aliphatic heterocycles. The molecule has 0 saturated heterocycles. The van der Waals surface area contributed by atoms with E-state index in [9.17, 15) is 4.79 Å². The molecule has 3 nitrogen and oxygen atoms in total. The van der Waals surface area contributed by atoms with E-state index in [2.05, 4.69) is 34.5 Å². The summed E-state index contributed by atoms with van der Waals surface area (Å²) in [7, 11) is 0. The molecule has 2 aromatic rings. The Morgan fingerprint density at radius 1 is 1.50 bits per heavy atom. The topological polar surface area (TPSA) is 34.9 Å². The maximum atomic E-state index is 12.4. The molecular weight excluding hydrogens is 370 g/mol. The maximum Gasteiger partial charge on any atom is 1.00 e. The number of fused-ring (bicyclic) bond motifs is 1. The number of hydrogen-bond donors (Lipinski definition) is 0. The molecule has 1 heterocycles. The standard InChI is InChI=1S/C12H13IN2OS.Na.H/c1-3-6-15-11(16)9-7-8(13)4-5-10(9)14-12(15)17-2;;/h4-5,7H,3,6H2,1-2H3;;/q;+1;-1. The molecule has 0 atom stereocenters. The van der Waals surface area contributed by atoms with E-state index in [1.807, 2.05) is 24.5 Å². The van der Waals surface area contributed by atoms with E-state index < -0.39 is 0 Å². The van der Waals surface area contributed by atoms with Gasteiger partial charge in [0.2, 0.25) is 0 Å². The van der Waals surface area contributed by atoms with E-state index >= 15 is 0 Å². The van der Waals surface area contributed by atoms with Gasteiger partial charge in [0.25, 0.3) is 5.56 Å².